The van der Waals surface area contributed by atoms with E-state index in [1.807, 2.05) is 23.6 Å². The normalized spacial score (nSPS) is 11.0. The maximum absolute atomic E-state index is 11.5. The van der Waals surface area contributed by atoms with Crippen LogP contribution in [0.25, 0.3) is 26.6 Å². The first-order chi connectivity index (χ1) is 10.6. The summed E-state index contributed by atoms with van der Waals surface area (Å²) in [6.07, 6.45) is 4.61. The molecule has 0 spiro atoms. The number of pyridine rings is 1. The SMILES string of the molecule is N#C/C=C/c1cc(-c2cc3c(N)ncc(C(N)=O)c3s2)cs1. The van der Waals surface area contributed by atoms with Crippen molar-refractivity contribution in [1.82, 2.24) is 4.98 Å². The molecule has 0 aliphatic carbocycles. The molecule has 1 amide bonds. The first-order valence-corrected chi connectivity index (χ1v) is 7.92. The van der Waals surface area contributed by atoms with Gasteiger partial charge < -0.3 is 11.5 Å². The van der Waals surface area contributed by atoms with E-state index in [4.69, 9.17) is 16.7 Å². The van der Waals surface area contributed by atoms with Crippen molar-refractivity contribution < 1.29 is 4.79 Å². The highest BCUT2D eigenvalue weighted by molar-refractivity contribution is 7.23. The molecule has 3 rings (SSSR count). The van der Waals surface area contributed by atoms with Crippen LogP contribution in [0.2, 0.25) is 0 Å². The Morgan fingerprint density at radius 1 is 1.41 bits per heavy atom. The molecule has 4 N–H and O–H groups in total. The fraction of sp³-hybridized carbons (Fsp3) is 0. The van der Waals surface area contributed by atoms with Crippen molar-refractivity contribution in [3.05, 3.63) is 40.2 Å². The average molecular weight is 326 g/mol. The van der Waals surface area contributed by atoms with Gasteiger partial charge in [0.25, 0.3) is 5.91 Å². The summed E-state index contributed by atoms with van der Waals surface area (Å²) >= 11 is 2.99. The smallest absolute Gasteiger partial charge is 0.251 e. The molecule has 0 bridgehead atoms. The molecule has 0 fully saturated rings. The Hall–Kier alpha value is -2.69. The van der Waals surface area contributed by atoms with E-state index < -0.39 is 5.91 Å². The van der Waals surface area contributed by atoms with Gasteiger partial charge in [0.2, 0.25) is 0 Å². The van der Waals surface area contributed by atoms with E-state index in [9.17, 15) is 4.79 Å². The van der Waals surface area contributed by atoms with Crippen molar-refractivity contribution in [3.8, 4) is 16.5 Å². The Morgan fingerprint density at radius 3 is 2.95 bits per heavy atom. The van der Waals surface area contributed by atoms with E-state index >= 15 is 0 Å². The maximum Gasteiger partial charge on any atom is 0.251 e. The number of carbonyl (C=O) groups is 1. The number of thiophene rings is 2. The van der Waals surface area contributed by atoms with E-state index in [1.165, 1.54) is 34.9 Å². The third kappa shape index (κ3) is 2.45. The topological polar surface area (TPSA) is 106 Å². The van der Waals surface area contributed by atoms with Crippen LogP contribution in [0.1, 0.15) is 15.2 Å². The fourth-order valence-corrected chi connectivity index (χ4v) is 4.09. The van der Waals surface area contributed by atoms with Crippen LogP contribution in [-0.4, -0.2) is 10.9 Å². The number of aromatic nitrogens is 1. The second kappa shape index (κ2) is 5.60. The number of hydrogen-bond acceptors (Lipinski definition) is 6. The minimum Gasteiger partial charge on any atom is -0.383 e. The molecule has 0 aromatic carbocycles. The quantitative estimate of drug-likeness (QED) is 0.720. The van der Waals surface area contributed by atoms with Crippen molar-refractivity contribution in [3.63, 3.8) is 0 Å². The number of fused-ring (bicyclic) bond motifs is 1. The summed E-state index contributed by atoms with van der Waals surface area (Å²) < 4.78 is 0.746. The predicted molar refractivity (Wildman–Crippen MR) is 90.5 cm³/mol. The molecular formula is C15H10N4OS2. The third-order valence-corrected chi connectivity index (χ3v) is 5.19. The molecule has 0 atom stereocenters. The highest BCUT2D eigenvalue weighted by Crippen LogP contribution is 2.38. The molecule has 3 aromatic heterocycles. The summed E-state index contributed by atoms with van der Waals surface area (Å²) in [5, 5.41) is 11.3. The van der Waals surface area contributed by atoms with E-state index in [0.29, 0.717) is 11.4 Å². The largest absolute Gasteiger partial charge is 0.383 e. The van der Waals surface area contributed by atoms with E-state index in [2.05, 4.69) is 4.98 Å². The minimum absolute atomic E-state index is 0.375. The van der Waals surface area contributed by atoms with Crippen molar-refractivity contribution in [2.24, 2.45) is 5.73 Å². The van der Waals surface area contributed by atoms with Gasteiger partial charge in [0.1, 0.15) is 5.82 Å². The van der Waals surface area contributed by atoms with Gasteiger partial charge in [-0.1, -0.05) is 0 Å². The van der Waals surface area contributed by atoms with Gasteiger partial charge in [-0.25, -0.2) is 4.98 Å². The number of hydrogen-bond donors (Lipinski definition) is 2. The van der Waals surface area contributed by atoms with Crippen LogP contribution >= 0.6 is 22.7 Å². The lowest BCUT2D eigenvalue weighted by Crippen LogP contribution is -2.11. The highest BCUT2D eigenvalue weighted by atomic mass is 32.1. The van der Waals surface area contributed by atoms with Crippen LogP contribution in [0.5, 0.6) is 0 Å². The lowest BCUT2D eigenvalue weighted by Gasteiger charge is -1.99. The van der Waals surface area contributed by atoms with Crippen LogP contribution in [0.15, 0.2) is 29.8 Å². The lowest BCUT2D eigenvalue weighted by atomic mass is 10.2. The number of amides is 1. The van der Waals surface area contributed by atoms with Crippen molar-refractivity contribution in [1.29, 1.82) is 5.26 Å². The second-order valence-electron chi connectivity index (χ2n) is 4.47. The number of allylic oxidation sites excluding steroid dienone is 1. The summed E-state index contributed by atoms with van der Waals surface area (Å²) in [5.41, 5.74) is 12.7. The van der Waals surface area contributed by atoms with Crippen molar-refractivity contribution >= 4 is 50.6 Å². The van der Waals surface area contributed by atoms with Gasteiger partial charge in [-0.2, -0.15) is 5.26 Å². The van der Waals surface area contributed by atoms with Crippen LogP contribution in [-0.2, 0) is 0 Å². The standard InChI is InChI=1S/C15H10N4OS2/c16-3-1-2-9-4-8(7-21-9)12-5-10-13(22-12)11(15(18)20)6-19-14(10)17/h1-2,4-7H,(H2,17,19)(H2,18,20)/b2-1+. The molecule has 22 heavy (non-hydrogen) atoms. The number of rotatable bonds is 3. The zero-order valence-electron chi connectivity index (χ0n) is 11.2. The molecule has 0 aliphatic heterocycles. The number of nitrogens with two attached hydrogens (primary N) is 2. The van der Waals surface area contributed by atoms with Gasteiger partial charge >= 0.3 is 0 Å². The van der Waals surface area contributed by atoms with Gasteiger partial charge in [-0.15, -0.1) is 22.7 Å². The number of nitrogens with zero attached hydrogens (tertiary/aromatic N) is 2. The Kier molecular flexibility index (Phi) is 3.63. The lowest BCUT2D eigenvalue weighted by molar-refractivity contribution is 0.100. The van der Waals surface area contributed by atoms with Crippen LogP contribution < -0.4 is 11.5 Å². The molecule has 7 heteroatoms. The zero-order chi connectivity index (χ0) is 15.7. The average Bonchev–Trinajstić information content (AvgIpc) is 3.12. The van der Waals surface area contributed by atoms with Crippen LogP contribution in [0.3, 0.4) is 0 Å². The molecule has 108 valence electrons. The molecule has 0 saturated carbocycles. The predicted octanol–water partition coefficient (Wildman–Crippen LogP) is 3.24. The van der Waals surface area contributed by atoms with Gasteiger partial charge in [-0.3, -0.25) is 4.79 Å². The summed E-state index contributed by atoms with van der Waals surface area (Å²) in [7, 11) is 0. The number of carbonyl (C=O) groups excluding carboxylic acids is 1. The van der Waals surface area contributed by atoms with Gasteiger partial charge in [0.05, 0.1) is 16.3 Å². The summed E-state index contributed by atoms with van der Waals surface area (Å²) in [6.45, 7) is 0. The number of primary amides is 1. The maximum atomic E-state index is 11.5. The van der Waals surface area contributed by atoms with Gasteiger partial charge in [0, 0.05) is 33.0 Å². The molecular weight excluding hydrogens is 316 g/mol. The van der Waals surface area contributed by atoms with Gasteiger partial charge in [0.15, 0.2) is 0 Å². The molecule has 3 aromatic rings. The summed E-state index contributed by atoms with van der Waals surface area (Å²) in [4.78, 5) is 17.5. The molecule has 0 unspecified atom stereocenters. The Labute approximate surface area is 134 Å². The first-order valence-electron chi connectivity index (χ1n) is 6.23. The molecule has 3 heterocycles. The first kappa shape index (κ1) is 14.3. The molecule has 5 nitrogen and oxygen atoms in total. The number of anilines is 1. The van der Waals surface area contributed by atoms with Crippen LogP contribution in [0.4, 0.5) is 5.82 Å². The Morgan fingerprint density at radius 2 is 2.23 bits per heavy atom. The monoisotopic (exact) mass is 326 g/mol. The van der Waals surface area contributed by atoms with Crippen molar-refractivity contribution in [2.45, 2.75) is 0 Å². The van der Waals surface area contributed by atoms with E-state index in [-0.39, 0.29) is 0 Å². The number of nitriles is 1. The van der Waals surface area contributed by atoms with Crippen LogP contribution in [0, 0.1) is 11.3 Å². The molecule has 0 radical (unpaired) electrons. The molecule has 0 saturated heterocycles. The highest BCUT2D eigenvalue weighted by Gasteiger charge is 2.15. The Bertz CT molecular complexity index is 946. The van der Waals surface area contributed by atoms with E-state index in [1.54, 1.807) is 6.08 Å². The van der Waals surface area contributed by atoms with E-state index in [0.717, 1.165) is 25.4 Å². The third-order valence-electron chi connectivity index (χ3n) is 3.08. The zero-order valence-corrected chi connectivity index (χ0v) is 12.9. The van der Waals surface area contributed by atoms with Crippen molar-refractivity contribution in [2.75, 3.05) is 5.73 Å². The Balaban J connectivity index is 2.13. The fourth-order valence-electron chi connectivity index (χ4n) is 2.05. The van der Waals surface area contributed by atoms with Gasteiger partial charge in [-0.05, 0) is 23.6 Å². The second-order valence-corrected chi connectivity index (χ2v) is 6.47. The molecule has 0 aliphatic rings. The summed E-state index contributed by atoms with van der Waals surface area (Å²) in [5.74, 6) is -0.142. The number of nitrogen functional groups attached to an aromatic ring is 1. The minimum atomic E-state index is -0.520. The summed E-state index contributed by atoms with van der Waals surface area (Å²) in [6, 6.07) is 5.86.